The first kappa shape index (κ1) is 15.2. The number of nitrogens with one attached hydrogen (secondary N) is 1. The number of hydrogen-bond acceptors (Lipinski definition) is 5. The molecule has 6 nitrogen and oxygen atoms in total. The van der Waals surface area contributed by atoms with Crippen molar-refractivity contribution >= 4 is 32.9 Å². The molecule has 0 aliphatic rings. The SMILES string of the molecule is COc1ccc(NS(=O)(=O)c2ccc(C(N)=S)cc2)cn1. The molecule has 2 rings (SSSR count). The van der Waals surface area contributed by atoms with E-state index in [1.807, 2.05) is 0 Å². The molecule has 1 aromatic carbocycles. The van der Waals surface area contributed by atoms with Crippen molar-refractivity contribution in [3.8, 4) is 5.88 Å². The highest BCUT2D eigenvalue weighted by Crippen LogP contribution is 2.17. The summed E-state index contributed by atoms with van der Waals surface area (Å²) in [6.07, 6.45) is 1.37. The van der Waals surface area contributed by atoms with Gasteiger partial charge in [-0.25, -0.2) is 13.4 Å². The zero-order valence-electron chi connectivity index (χ0n) is 11.1. The number of nitrogens with two attached hydrogens (primary N) is 1. The largest absolute Gasteiger partial charge is 0.481 e. The molecule has 0 fully saturated rings. The number of ether oxygens (including phenoxy) is 1. The van der Waals surface area contributed by atoms with E-state index >= 15 is 0 Å². The van der Waals surface area contributed by atoms with Crippen molar-refractivity contribution in [2.24, 2.45) is 5.73 Å². The molecular weight excluding hydrogens is 310 g/mol. The van der Waals surface area contributed by atoms with Crippen LogP contribution in [0.2, 0.25) is 0 Å². The molecule has 0 saturated carbocycles. The number of nitrogens with zero attached hydrogens (tertiary/aromatic N) is 1. The van der Waals surface area contributed by atoms with Gasteiger partial charge in [0.15, 0.2) is 0 Å². The Morgan fingerprint density at radius 3 is 2.38 bits per heavy atom. The summed E-state index contributed by atoms with van der Waals surface area (Å²) in [6.45, 7) is 0. The monoisotopic (exact) mass is 323 g/mol. The number of thiocarbonyl (C=S) groups is 1. The zero-order chi connectivity index (χ0) is 15.5. The smallest absolute Gasteiger partial charge is 0.261 e. The first-order valence-electron chi connectivity index (χ1n) is 5.85. The lowest BCUT2D eigenvalue weighted by Gasteiger charge is -2.08. The third kappa shape index (κ3) is 3.67. The Hall–Kier alpha value is -2.19. The Kier molecular flexibility index (Phi) is 4.39. The molecule has 8 heteroatoms. The van der Waals surface area contributed by atoms with Crippen LogP contribution in [0.4, 0.5) is 5.69 Å². The van der Waals surface area contributed by atoms with Crippen LogP contribution >= 0.6 is 12.2 Å². The molecule has 1 heterocycles. The van der Waals surface area contributed by atoms with Gasteiger partial charge in [0, 0.05) is 11.6 Å². The van der Waals surface area contributed by atoms with Crippen molar-refractivity contribution in [1.29, 1.82) is 0 Å². The summed E-state index contributed by atoms with van der Waals surface area (Å²) in [4.78, 5) is 4.25. The van der Waals surface area contributed by atoms with Crippen LogP contribution in [0.1, 0.15) is 5.56 Å². The second kappa shape index (κ2) is 6.06. The number of sulfonamides is 1. The van der Waals surface area contributed by atoms with Crippen LogP contribution in [-0.4, -0.2) is 25.5 Å². The number of hydrogen-bond donors (Lipinski definition) is 2. The normalized spacial score (nSPS) is 10.9. The number of pyridine rings is 1. The maximum atomic E-state index is 12.2. The summed E-state index contributed by atoms with van der Waals surface area (Å²) in [5.41, 5.74) is 6.42. The zero-order valence-corrected chi connectivity index (χ0v) is 12.7. The number of methoxy groups -OCH3 is 1. The van der Waals surface area contributed by atoms with Gasteiger partial charge in [0.25, 0.3) is 10.0 Å². The Bertz CT molecular complexity index is 741. The molecular formula is C13H13N3O3S2. The predicted octanol–water partition coefficient (Wildman–Crippen LogP) is 1.53. The van der Waals surface area contributed by atoms with Crippen molar-refractivity contribution in [1.82, 2.24) is 4.98 Å². The van der Waals surface area contributed by atoms with E-state index in [4.69, 9.17) is 22.7 Å². The van der Waals surface area contributed by atoms with E-state index in [1.54, 1.807) is 24.3 Å². The Morgan fingerprint density at radius 1 is 1.24 bits per heavy atom. The molecule has 0 bridgehead atoms. The summed E-state index contributed by atoms with van der Waals surface area (Å²) in [7, 11) is -2.21. The lowest BCUT2D eigenvalue weighted by Crippen LogP contribution is -2.14. The average Bonchev–Trinajstić information content (AvgIpc) is 2.48. The van der Waals surface area contributed by atoms with Gasteiger partial charge in [-0.15, -0.1) is 0 Å². The van der Waals surface area contributed by atoms with Crippen LogP contribution in [0.5, 0.6) is 5.88 Å². The number of rotatable bonds is 5. The standard InChI is InChI=1S/C13H13N3O3S2/c1-19-12-7-4-10(8-15-12)16-21(17,18)11-5-2-9(3-6-11)13(14)20/h2-8,16H,1H3,(H2,14,20). The van der Waals surface area contributed by atoms with Crippen LogP contribution in [0.25, 0.3) is 0 Å². The van der Waals surface area contributed by atoms with E-state index < -0.39 is 10.0 Å². The summed E-state index contributed by atoms with van der Waals surface area (Å²) in [5, 5.41) is 0. The second-order valence-corrected chi connectivity index (χ2v) is 6.21. The fourth-order valence-corrected chi connectivity index (χ4v) is 2.75. The lowest BCUT2D eigenvalue weighted by atomic mass is 10.2. The maximum Gasteiger partial charge on any atom is 0.261 e. The highest BCUT2D eigenvalue weighted by atomic mass is 32.2. The van der Waals surface area contributed by atoms with E-state index in [9.17, 15) is 8.42 Å². The topological polar surface area (TPSA) is 94.3 Å². The van der Waals surface area contributed by atoms with Gasteiger partial charge in [-0.3, -0.25) is 4.72 Å². The van der Waals surface area contributed by atoms with E-state index in [-0.39, 0.29) is 9.88 Å². The van der Waals surface area contributed by atoms with E-state index in [2.05, 4.69) is 9.71 Å². The van der Waals surface area contributed by atoms with Crippen LogP contribution in [0.15, 0.2) is 47.5 Å². The van der Waals surface area contributed by atoms with Gasteiger partial charge in [-0.2, -0.15) is 0 Å². The summed E-state index contributed by atoms with van der Waals surface area (Å²) in [6, 6.07) is 9.12. The van der Waals surface area contributed by atoms with Crippen LogP contribution < -0.4 is 15.2 Å². The molecule has 0 aliphatic carbocycles. The first-order chi connectivity index (χ1) is 9.92. The minimum atomic E-state index is -3.69. The van der Waals surface area contributed by atoms with Crippen LogP contribution in [0, 0.1) is 0 Å². The average molecular weight is 323 g/mol. The van der Waals surface area contributed by atoms with Crippen molar-refractivity contribution in [2.45, 2.75) is 4.90 Å². The first-order valence-corrected chi connectivity index (χ1v) is 7.74. The van der Waals surface area contributed by atoms with Gasteiger partial charge in [-0.05, 0) is 18.2 Å². The predicted molar refractivity (Wildman–Crippen MR) is 83.9 cm³/mol. The van der Waals surface area contributed by atoms with E-state index in [1.165, 1.54) is 25.4 Å². The Morgan fingerprint density at radius 2 is 1.90 bits per heavy atom. The van der Waals surface area contributed by atoms with E-state index in [0.717, 1.165) is 0 Å². The molecule has 21 heavy (non-hydrogen) atoms. The second-order valence-electron chi connectivity index (χ2n) is 4.08. The fraction of sp³-hybridized carbons (Fsp3) is 0.0769. The number of aromatic nitrogens is 1. The maximum absolute atomic E-state index is 12.2. The van der Waals surface area contributed by atoms with Gasteiger partial charge < -0.3 is 10.5 Å². The van der Waals surface area contributed by atoms with Crippen molar-refractivity contribution in [3.63, 3.8) is 0 Å². The number of benzene rings is 1. The molecule has 0 atom stereocenters. The molecule has 0 radical (unpaired) electrons. The van der Waals surface area contributed by atoms with E-state index in [0.29, 0.717) is 17.1 Å². The fourth-order valence-electron chi connectivity index (χ4n) is 1.57. The molecule has 2 aromatic rings. The molecule has 0 aliphatic heterocycles. The highest BCUT2D eigenvalue weighted by molar-refractivity contribution is 7.92. The van der Waals surface area contributed by atoms with Gasteiger partial charge in [0.2, 0.25) is 5.88 Å². The minimum Gasteiger partial charge on any atom is -0.481 e. The molecule has 0 unspecified atom stereocenters. The summed E-state index contributed by atoms with van der Waals surface area (Å²) in [5.74, 6) is 0.402. The van der Waals surface area contributed by atoms with Crippen molar-refractivity contribution in [2.75, 3.05) is 11.8 Å². The van der Waals surface area contributed by atoms with Crippen LogP contribution in [0.3, 0.4) is 0 Å². The third-order valence-corrected chi connectivity index (χ3v) is 4.28. The summed E-state index contributed by atoms with van der Waals surface area (Å²) >= 11 is 4.82. The minimum absolute atomic E-state index is 0.110. The summed E-state index contributed by atoms with van der Waals surface area (Å²) < 4.78 is 31.7. The molecule has 0 amide bonds. The van der Waals surface area contributed by atoms with Crippen molar-refractivity contribution in [3.05, 3.63) is 48.2 Å². The quantitative estimate of drug-likeness (QED) is 0.810. The molecule has 0 spiro atoms. The van der Waals surface area contributed by atoms with Crippen molar-refractivity contribution < 1.29 is 13.2 Å². The third-order valence-electron chi connectivity index (χ3n) is 2.65. The molecule has 3 N–H and O–H groups in total. The highest BCUT2D eigenvalue weighted by Gasteiger charge is 2.14. The molecule has 110 valence electrons. The Balaban J connectivity index is 2.22. The molecule has 1 aromatic heterocycles. The number of anilines is 1. The van der Waals surface area contributed by atoms with Gasteiger partial charge in [-0.1, -0.05) is 24.4 Å². The van der Waals surface area contributed by atoms with Gasteiger partial charge in [0.1, 0.15) is 4.99 Å². The van der Waals surface area contributed by atoms with Gasteiger partial charge >= 0.3 is 0 Å². The van der Waals surface area contributed by atoms with Gasteiger partial charge in [0.05, 0.1) is 23.9 Å². The lowest BCUT2D eigenvalue weighted by molar-refractivity contribution is 0.398. The molecule has 0 saturated heterocycles. The Labute approximate surface area is 128 Å². The van der Waals surface area contributed by atoms with Crippen LogP contribution in [-0.2, 0) is 10.0 Å².